The van der Waals surface area contributed by atoms with Crippen molar-refractivity contribution in [2.24, 2.45) is 0 Å². The number of hydrogen-bond donors (Lipinski definition) is 2. The molecule has 1 aliphatic heterocycles. The van der Waals surface area contributed by atoms with E-state index in [0.717, 1.165) is 17.7 Å². The van der Waals surface area contributed by atoms with Crippen LogP contribution in [0, 0.1) is 0 Å². The summed E-state index contributed by atoms with van der Waals surface area (Å²) in [6.45, 7) is 0.937. The molecule has 0 bridgehead atoms. The van der Waals surface area contributed by atoms with Crippen LogP contribution in [0.3, 0.4) is 0 Å². The molecule has 7 nitrogen and oxygen atoms in total. The van der Waals surface area contributed by atoms with Crippen LogP contribution in [0.1, 0.15) is 21.7 Å². The molecule has 2 aromatic rings. The summed E-state index contributed by atoms with van der Waals surface area (Å²) >= 11 is 0. The molecule has 1 aliphatic rings. The summed E-state index contributed by atoms with van der Waals surface area (Å²) in [5, 5.41) is 16.0. The highest BCUT2D eigenvalue weighted by Crippen LogP contribution is 2.25. The molecular formula is C11H11N5O2. The number of aromatic amines is 1. The van der Waals surface area contributed by atoms with Gasteiger partial charge in [-0.3, -0.25) is 4.79 Å². The SMILES string of the molecule is O=C(NCc1nn[nH]n1)c1ccc2c(c1)CCO2. The first kappa shape index (κ1) is 10.7. The van der Waals surface area contributed by atoms with Gasteiger partial charge in [-0.2, -0.15) is 5.21 Å². The van der Waals surface area contributed by atoms with Crippen LogP contribution in [0.4, 0.5) is 0 Å². The van der Waals surface area contributed by atoms with Crippen LogP contribution in [-0.4, -0.2) is 33.1 Å². The lowest BCUT2D eigenvalue weighted by Crippen LogP contribution is -2.23. The van der Waals surface area contributed by atoms with Gasteiger partial charge in [0.1, 0.15) is 5.75 Å². The number of ether oxygens (including phenoxy) is 1. The second-order valence-electron chi connectivity index (χ2n) is 3.93. The Morgan fingerprint density at radius 3 is 3.28 bits per heavy atom. The number of nitrogens with one attached hydrogen (secondary N) is 2. The Labute approximate surface area is 103 Å². The quantitative estimate of drug-likeness (QED) is 0.798. The lowest BCUT2D eigenvalue weighted by atomic mass is 10.1. The first-order chi connectivity index (χ1) is 8.83. The van der Waals surface area contributed by atoms with Crippen molar-refractivity contribution in [3.05, 3.63) is 35.2 Å². The molecule has 2 N–H and O–H groups in total. The fourth-order valence-electron chi connectivity index (χ4n) is 1.85. The molecule has 0 aliphatic carbocycles. The highest BCUT2D eigenvalue weighted by molar-refractivity contribution is 5.94. The zero-order chi connectivity index (χ0) is 12.4. The van der Waals surface area contributed by atoms with Gasteiger partial charge in [0, 0.05) is 12.0 Å². The first-order valence-electron chi connectivity index (χ1n) is 5.59. The molecule has 1 aromatic carbocycles. The van der Waals surface area contributed by atoms with Gasteiger partial charge in [-0.25, -0.2) is 0 Å². The number of rotatable bonds is 3. The topological polar surface area (TPSA) is 92.8 Å². The van der Waals surface area contributed by atoms with Crippen molar-refractivity contribution in [3.8, 4) is 5.75 Å². The summed E-state index contributed by atoms with van der Waals surface area (Å²) in [7, 11) is 0. The van der Waals surface area contributed by atoms with Crippen molar-refractivity contribution in [1.29, 1.82) is 0 Å². The van der Waals surface area contributed by atoms with E-state index >= 15 is 0 Å². The number of H-pyrrole nitrogens is 1. The van der Waals surface area contributed by atoms with Gasteiger partial charge in [0.15, 0.2) is 5.82 Å². The minimum Gasteiger partial charge on any atom is -0.493 e. The summed E-state index contributed by atoms with van der Waals surface area (Å²) < 4.78 is 5.39. The summed E-state index contributed by atoms with van der Waals surface area (Å²) in [6.07, 6.45) is 0.849. The predicted octanol–water partition coefficient (Wildman–Crippen LogP) is 0.0646. The van der Waals surface area contributed by atoms with Crippen molar-refractivity contribution >= 4 is 5.91 Å². The number of nitrogens with zero attached hydrogens (tertiary/aromatic N) is 3. The number of hydrogen-bond acceptors (Lipinski definition) is 5. The second-order valence-corrected chi connectivity index (χ2v) is 3.93. The van der Waals surface area contributed by atoms with Crippen molar-refractivity contribution < 1.29 is 9.53 Å². The van der Waals surface area contributed by atoms with Crippen LogP contribution in [0.5, 0.6) is 5.75 Å². The molecule has 0 radical (unpaired) electrons. The van der Waals surface area contributed by atoms with E-state index in [-0.39, 0.29) is 12.5 Å². The molecule has 3 rings (SSSR count). The minimum absolute atomic E-state index is 0.158. The van der Waals surface area contributed by atoms with E-state index in [1.54, 1.807) is 6.07 Å². The molecule has 0 unspecified atom stereocenters. The fourth-order valence-corrected chi connectivity index (χ4v) is 1.85. The van der Waals surface area contributed by atoms with Gasteiger partial charge >= 0.3 is 0 Å². The molecule has 7 heteroatoms. The molecule has 0 saturated carbocycles. The third kappa shape index (κ3) is 2.02. The average molecular weight is 245 g/mol. The molecule has 0 fully saturated rings. The van der Waals surface area contributed by atoms with Crippen LogP contribution in [0.25, 0.3) is 0 Å². The molecular weight excluding hydrogens is 234 g/mol. The second kappa shape index (κ2) is 4.44. The van der Waals surface area contributed by atoms with E-state index < -0.39 is 0 Å². The highest BCUT2D eigenvalue weighted by Gasteiger charge is 2.15. The number of carbonyl (C=O) groups is 1. The fraction of sp³-hybridized carbons (Fsp3) is 0.273. The third-order valence-corrected chi connectivity index (χ3v) is 2.75. The minimum atomic E-state index is -0.158. The van der Waals surface area contributed by atoms with Gasteiger partial charge in [-0.15, -0.1) is 10.2 Å². The number of tetrazole rings is 1. The summed E-state index contributed by atoms with van der Waals surface area (Å²) in [6, 6.07) is 5.43. The van der Waals surface area contributed by atoms with Crippen LogP contribution >= 0.6 is 0 Å². The molecule has 18 heavy (non-hydrogen) atoms. The lowest BCUT2D eigenvalue weighted by Gasteiger charge is -2.04. The van der Waals surface area contributed by atoms with Crippen LogP contribution in [-0.2, 0) is 13.0 Å². The van der Waals surface area contributed by atoms with Gasteiger partial charge in [-0.05, 0) is 23.8 Å². The normalized spacial score (nSPS) is 12.9. The smallest absolute Gasteiger partial charge is 0.251 e. The van der Waals surface area contributed by atoms with E-state index in [1.165, 1.54) is 0 Å². The zero-order valence-electron chi connectivity index (χ0n) is 9.51. The molecule has 0 saturated heterocycles. The van der Waals surface area contributed by atoms with E-state index in [1.807, 2.05) is 12.1 Å². The van der Waals surface area contributed by atoms with E-state index in [0.29, 0.717) is 18.0 Å². The van der Waals surface area contributed by atoms with E-state index in [9.17, 15) is 4.79 Å². The number of amides is 1. The number of carbonyl (C=O) groups excluding carboxylic acids is 1. The van der Waals surface area contributed by atoms with Gasteiger partial charge in [0.25, 0.3) is 5.91 Å². The van der Waals surface area contributed by atoms with E-state index in [4.69, 9.17) is 4.74 Å². The Bertz CT molecular complexity index is 567. The molecule has 0 atom stereocenters. The Kier molecular flexibility index (Phi) is 2.64. The molecule has 1 amide bonds. The Morgan fingerprint density at radius 1 is 1.50 bits per heavy atom. The molecule has 1 aromatic heterocycles. The number of aromatic nitrogens is 4. The number of benzene rings is 1. The summed E-state index contributed by atoms with van der Waals surface area (Å²) in [4.78, 5) is 11.9. The largest absolute Gasteiger partial charge is 0.493 e. The molecule has 92 valence electrons. The first-order valence-corrected chi connectivity index (χ1v) is 5.59. The lowest BCUT2D eigenvalue weighted by molar-refractivity contribution is 0.0950. The maximum atomic E-state index is 11.9. The summed E-state index contributed by atoms with van der Waals surface area (Å²) in [5.41, 5.74) is 1.69. The Hall–Kier alpha value is -2.44. The van der Waals surface area contributed by atoms with Gasteiger partial charge in [-0.1, -0.05) is 5.21 Å². The highest BCUT2D eigenvalue weighted by atomic mass is 16.5. The van der Waals surface area contributed by atoms with E-state index in [2.05, 4.69) is 25.9 Å². The van der Waals surface area contributed by atoms with Crippen LogP contribution in [0.15, 0.2) is 18.2 Å². The third-order valence-electron chi connectivity index (χ3n) is 2.75. The summed E-state index contributed by atoms with van der Waals surface area (Å²) in [5.74, 6) is 1.16. The zero-order valence-corrected chi connectivity index (χ0v) is 9.51. The maximum absolute atomic E-state index is 11.9. The molecule has 0 spiro atoms. The average Bonchev–Trinajstić information content (AvgIpc) is 3.05. The van der Waals surface area contributed by atoms with Crippen molar-refractivity contribution in [2.45, 2.75) is 13.0 Å². The van der Waals surface area contributed by atoms with Gasteiger partial charge in [0.2, 0.25) is 0 Å². The molecule has 2 heterocycles. The Balaban J connectivity index is 1.69. The van der Waals surface area contributed by atoms with Crippen molar-refractivity contribution in [2.75, 3.05) is 6.61 Å². The standard InChI is InChI=1S/C11H11N5O2/c17-11(12-6-10-13-15-16-14-10)8-1-2-9-7(5-8)3-4-18-9/h1-2,5H,3-4,6H2,(H,12,17)(H,13,14,15,16). The number of fused-ring (bicyclic) bond motifs is 1. The monoisotopic (exact) mass is 245 g/mol. The van der Waals surface area contributed by atoms with Crippen molar-refractivity contribution in [3.63, 3.8) is 0 Å². The van der Waals surface area contributed by atoms with Gasteiger partial charge in [0.05, 0.1) is 13.2 Å². The Morgan fingerprint density at radius 2 is 2.44 bits per heavy atom. The van der Waals surface area contributed by atoms with Crippen molar-refractivity contribution in [1.82, 2.24) is 25.9 Å². The van der Waals surface area contributed by atoms with Crippen LogP contribution in [0.2, 0.25) is 0 Å². The maximum Gasteiger partial charge on any atom is 0.251 e. The predicted molar refractivity (Wildman–Crippen MR) is 61.0 cm³/mol. The van der Waals surface area contributed by atoms with Gasteiger partial charge < -0.3 is 10.1 Å². The van der Waals surface area contributed by atoms with Crippen LogP contribution < -0.4 is 10.1 Å².